The highest BCUT2D eigenvalue weighted by molar-refractivity contribution is 5.45. The zero-order valence-electron chi connectivity index (χ0n) is 14.7. The molecule has 0 unspecified atom stereocenters. The van der Waals surface area contributed by atoms with Gasteiger partial charge in [0.25, 0.3) is 0 Å². The standard InChI is InChI=1S/C20H22O6/c1-23-11-3-5-17-13(7-11)19(21)15(9-25-17)16-10-26-18-6-4-12(24-2)8-14(18)20(16)22/h3-8,15-16,19-22H,9-10H2,1-2H3/t15-,16-,19-,20+/m1/s1. The monoisotopic (exact) mass is 358 g/mol. The van der Waals surface area contributed by atoms with Crippen LogP contribution in [0.25, 0.3) is 0 Å². The SMILES string of the molecule is COc1ccc2c(c1)[C@@H](O)[C@@H]([C@H]1COc3ccc(OC)cc3[C@@H]1O)CO2. The average molecular weight is 358 g/mol. The van der Waals surface area contributed by atoms with Gasteiger partial charge in [-0.1, -0.05) is 0 Å². The lowest BCUT2D eigenvalue weighted by Gasteiger charge is -2.40. The molecule has 26 heavy (non-hydrogen) atoms. The van der Waals surface area contributed by atoms with E-state index >= 15 is 0 Å². The Bertz CT molecular complexity index is 737. The third-order valence-electron chi connectivity index (χ3n) is 5.29. The number of rotatable bonds is 3. The summed E-state index contributed by atoms with van der Waals surface area (Å²) in [6.07, 6.45) is -1.55. The van der Waals surface area contributed by atoms with E-state index < -0.39 is 12.2 Å². The molecule has 138 valence electrons. The van der Waals surface area contributed by atoms with Crippen molar-refractivity contribution in [3.8, 4) is 23.0 Å². The summed E-state index contributed by atoms with van der Waals surface area (Å²) >= 11 is 0. The van der Waals surface area contributed by atoms with Gasteiger partial charge in [0.1, 0.15) is 23.0 Å². The second-order valence-corrected chi connectivity index (χ2v) is 6.65. The molecule has 0 saturated carbocycles. The number of methoxy groups -OCH3 is 2. The van der Waals surface area contributed by atoms with Crippen molar-refractivity contribution in [2.24, 2.45) is 11.8 Å². The highest BCUT2D eigenvalue weighted by Crippen LogP contribution is 2.47. The van der Waals surface area contributed by atoms with Crippen molar-refractivity contribution >= 4 is 0 Å². The van der Waals surface area contributed by atoms with Crippen molar-refractivity contribution in [3.63, 3.8) is 0 Å². The molecule has 6 nitrogen and oxygen atoms in total. The molecule has 0 saturated heterocycles. The van der Waals surface area contributed by atoms with E-state index in [1.165, 1.54) is 0 Å². The Labute approximate surface area is 151 Å². The van der Waals surface area contributed by atoms with E-state index in [4.69, 9.17) is 18.9 Å². The molecule has 0 spiro atoms. The first-order valence-electron chi connectivity index (χ1n) is 8.60. The largest absolute Gasteiger partial charge is 0.497 e. The number of hydrogen-bond donors (Lipinski definition) is 2. The zero-order chi connectivity index (χ0) is 18.3. The van der Waals surface area contributed by atoms with Gasteiger partial charge in [0.05, 0.1) is 39.6 Å². The second-order valence-electron chi connectivity index (χ2n) is 6.65. The maximum absolute atomic E-state index is 10.9. The van der Waals surface area contributed by atoms with Gasteiger partial charge >= 0.3 is 0 Å². The minimum atomic E-state index is -0.774. The summed E-state index contributed by atoms with van der Waals surface area (Å²) in [5.74, 6) is 1.99. The van der Waals surface area contributed by atoms with Crippen LogP contribution in [0, 0.1) is 11.8 Å². The van der Waals surface area contributed by atoms with Gasteiger partial charge in [0, 0.05) is 23.0 Å². The first-order valence-corrected chi connectivity index (χ1v) is 8.60. The number of aliphatic hydroxyl groups is 2. The van der Waals surface area contributed by atoms with E-state index in [0.717, 1.165) is 0 Å². The fourth-order valence-electron chi connectivity index (χ4n) is 3.76. The highest BCUT2D eigenvalue weighted by atomic mass is 16.5. The van der Waals surface area contributed by atoms with Crippen molar-refractivity contribution in [2.75, 3.05) is 27.4 Å². The topological polar surface area (TPSA) is 77.4 Å². The summed E-state index contributed by atoms with van der Waals surface area (Å²) in [5, 5.41) is 21.9. The quantitative estimate of drug-likeness (QED) is 0.878. The van der Waals surface area contributed by atoms with Crippen LogP contribution in [0.5, 0.6) is 23.0 Å². The van der Waals surface area contributed by atoms with Crippen LogP contribution in [-0.4, -0.2) is 37.6 Å². The van der Waals surface area contributed by atoms with Crippen LogP contribution in [-0.2, 0) is 0 Å². The van der Waals surface area contributed by atoms with Crippen molar-refractivity contribution in [2.45, 2.75) is 12.2 Å². The van der Waals surface area contributed by atoms with Crippen LogP contribution in [0.4, 0.5) is 0 Å². The minimum absolute atomic E-state index is 0.302. The van der Waals surface area contributed by atoms with Crippen molar-refractivity contribution < 1.29 is 29.2 Å². The summed E-state index contributed by atoms with van der Waals surface area (Å²) < 4.78 is 22.2. The highest BCUT2D eigenvalue weighted by Gasteiger charge is 2.42. The van der Waals surface area contributed by atoms with Crippen molar-refractivity contribution in [1.29, 1.82) is 0 Å². The van der Waals surface area contributed by atoms with Crippen LogP contribution in [0.2, 0.25) is 0 Å². The number of aliphatic hydroxyl groups excluding tert-OH is 2. The predicted molar refractivity (Wildman–Crippen MR) is 93.9 cm³/mol. The summed E-state index contributed by atoms with van der Waals surface area (Å²) in [6, 6.07) is 10.7. The minimum Gasteiger partial charge on any atom is -0.497 e. The lowest BCUT2D eigenvalue weighted by Crippen LogP contribution is -2.40. The molecular formula is C20H22O6. The lowest BCUT2D eigenvalue weighted by atomic mass is 9.77. The predicted octanol–water partition coefficient (Wildman–Crippen LogP) is 2.49. The van der Waals surface area contributed by atoms with Gasteiger partial charge in [0.2, 0.25) is 0 Å². The van der Waals surface area contributed by atoms with E-state index in [1.54, 1.807) is 50.6 Å². The van der Waals surface area contributed by atoms with Gasteiger partial charge in [-0.05, 0) is 36.4 Å². The normalized spacial score (nSPS) is 26.8. The van der Waals surface area contributed by atoms with Crippen molar-refractivity contribution in [1.82, 2.24) is 0 Å². The fraction of sp³-hybridized carbons (Fsp3) is 0.400. The van der Waals surface area contributed by atoms with Gasteiger partial charge in [-0.3, -0.25) is 0 Å². The molecule has 2 aromatic carbocycles. The summed E-state index contributed by atoms with van der Waals surface area (Å²) in [5.41, 5.74) is 1.34. The third kappa shape index (κ3) is 2.75. The lowest BCUT2D eigenvalue weighted by molar-refractivity contribution is -0.0552. The summed E-state index contributed by atoms with van der Waals surface area (Å²) in [4.78, 5) is 0. The maximum atomic E-state index is 10.9. The fourth-order valence-corrected chi connectivity index (χ4v) is 3.76. The summed E-state index contributed by atoms with van der Waals surface area (Å²) in [6.45, 7) is 0.621. The number of hydrogen-bond acceptors (Lipinski definition) is 6. The molecule has 6 heteroatoms. The Morgan fingerprint density at radius 3 is 1.58 bits per heavy atom. The van der Waals surface area contributed by atoms with Gasteiger partial charge in [-0.25, -0.2) is 0 Å². The van der Waals surface area contributed by atoms with Gasteiger partial charge in [0.15, 0.2) is 0 Å². The molecule has 0 bridgehead atoms. The Morgan fingerprint density at radius 1 is 0.769 bits per heavy atom. The van der Waals surface area contributed by atoms with Gasteiger partial charge in [-0.15, -0.1) is 0 Å². The molecule has 2 aliphatic rings. The molecule has 0 amide bonds. The third-order valence-corrected chi connectivity index (χ3v) is 5.29. The zero-order valence-corrected chi connectivity index (χ0v) is 14.7. The van der Waals surface area contributed by atoms with E-state index in [2.05, 4.69) is 0 Å². The molecular weight excluding hydrogens is 336 g/mol. The van der Waals surface area contributed by atoms with Crippen LogP contribution >= 0.6 is 0 Å². The average Bonchev–Trinajstić information content (AvgIpc) is 2.69. The number of fused-ring (bicyclic) bond motifs is 2. The first-order chi connectivity index (χ1) is 12.6. The molecule has 2 aromatic rings. The molecule has 2 N–H and O–H groups in total. The van der Waals surface area contributed by atoms with Gasteiger partial charge in [-0.2, -0.15) is 0 Å². The Hall–Kier alpha value is -2.44. The van der Waals surface area contributed by atoms with Crippen LogP contribution in [0.15, 0.2) is 36.4 Å². The Balaban J connectivity index is 1.63. The molecule has 0 fully saturated rings. The molecule has 0 radical (unpaired) electrons. The van der Waals surface area contributed by atoms with Gasteiger partial charge < -0.3 is 29.2 Å². The first kappa shape index (κ1) is 17.0. The van der Waals surface area contributed by atoms with E-state index in [0.29, 0.717) is 47.3 Å². The van der Waals surface area contributed by atoms with E-state index in [9.17, 15) is 10.2 Å². The molecule has 2 heterocycles. The van der Waals surface area contributed by atoms with Crippen molar-refractivity contribution in [3.05, 3.63) is 47.5 Å². The van der Waals surface area contributed by atoms with Crippen LogP contribution in [0.1, 0.15) is 23.3 Å². The molecule has 4 atom stereocenters. The summed E-state index contributed by atoms with van der Waals surface area (Å²) in [7, 11) is 3.16. The second kappa shape index (κ2) is 6.70. The van der Waals surface area contributed by atoms with Crippen LogP contribution < -0.4 is 18.9 Å². The number of benzene rings is 2. The molecule has 4 rings (SSSR count). The Kier molecular flexibility index (Phi) is 4.38. The smallest absolute Gasteiger partial charge is 0.125 e. The number of ether oxygens (including phenoxy) is 4. The maximum Gasteiger partial charge on any atom is 0.125 e. The van der Waals surface area contributed by atoms with E-state index in [1.807, 2.05) is 0 Å². The molecule has 0 aromatic heterocycles. The Morgan fingerprint density at radius 2 is 1.19 bits per heavy atom. The van der Waals surface area contributed by atoms with Crippen LogP contribution in [0.3, 0.4) is 0 Å². The molecule has 0 aliphatic carbocycles. The molecule has 2 aliphatic heterocycles. The van der Waals surface area contributed by atoms with E-state index in [-0.39, 0.29) is 11.8 Å².